The summed E-state index contributed by atoms with van der Waals surface area (Å²) in [5.74, 6) is -0.304. The predicted octanol–water partition coefficient (Wildman–Crippen LogP) is 2.78. The van der Waals surface area contributed by atoms with E-state index in [0.717, 1.165) is 0 Å². The van der Waals surface area contributed by atoms with E-state index in [9.17, 15) is 4.39 Å². The zero-order valence-electron chi connectivity index (χ0n) is 8.88. The first-order valence-electron chi connectivity index (χ1n) is 4.66. The van der Waals surface area contributed by atoms with E-state index in [1.807, 2.05) is 0 Å². The molecule has 3 heteroatoms. The Kier molecular flexibility index (Phi) is 3.58. The van der Waals surface area contributed by atoms with Crippen LogP contribution in [0.1, 0.15) is 26.5 Å². The lowest BCUT2D eigenvalue weighted by Crippen LogP contribution is -2.15. The predicted molar refractivity (Wildman–Crippen MR) is 53.3 cm³/mol. The zero-order valence-corrected chi connectivity index (χ0v) is 8.88. The Morgan fingerprint density at radius 3 is 2.71 bits per heavy atom. The molecule has 1 aromatic rings. The van der Waals surface area contributed by atoms with Crippen molar-refractivity contribution in [2.75, 3.05) is 6.61 Å². The Bertz CT molecular complexity index is 294. The highest BCUT2D eigenvalue weighted by Crippen LogP contribution is 2.14. The molecule has 0 aliphatic heterocycles. The van der Waals surface area contributed by atoms with Gasteiger partial charge in [-0.25, -0.2) is 4.39 Å². The normalized spacial score (nSPS) is 11.7. The van der Waals surface area contributed by atoms with E-state index in [4.69, 9.17) is 4.74 Å². The van der Waals surface area contributed by atoms with E-state index in [1.165, 1.54) is 6.07 Å². The summed E-state index contributed by atoms with van der Waals surface area (Å²) in [4.78, 5) is 3.90. The molecule has 0 amide bonds. The topological polar surface area (TPSA) is 22.1 Å². The highest BCUT2D eigenvalue weighted by atomic mass is 19.1. The molecule has 14 heavy (non-hydrogen) atoms. The fourth-order valence-corrected chi connectivity index (χ4v) is 0.978. The first kappa shape index (κ1) is 11.1. The molecule has 0 aliphatic rings. The summed E-state index contributed by atoms with van der Waals surface area (Å²) < 4.78 is 18.4. The molecule has 0 spiro atoms. The molecule has 2 nitrogen and oxygen atoms in total. The smallest absolute Gasteiger partial charge is 0.147 e. The second-order valence-corrected chi connectivity index (χ2v) is 4.49. The van der Waals surface area contributed by atoms with Gasteiger partial charge in [0.25, 0.3) is 0 Å². The van der Waals surface area contributed by atoms with Gasteiger partial charge in [0.2, 0.25) is 0 Å². The number of hydrogen-bond acceptors (Lipinski definition) is 2. The van der Waals surface area contributed by atoms with Crippen molar-refractivity contribution in [2.24, 2.45) is 5.41 Å². The van der Waals surface area contributed by atoms with Gasteiger partial charge in [-0.2, -0.15) is 0 Å². The maximum absolute atomic E-state index is 13.1. The average Bonchev–Trinajstić information content (AvgIpc) is 2.06. The number of ether oxygens (including phenoxy) is 1. The van der Waals surface area contributed by atoms with E-state index < -0.39 is 0 Å². The van der Waals surface area contributed by atoms with Gasteiger partial charge in [-0.05, 0) is 17.5 Å². The van der Waals surface area contributed by atoms with Crippen molar-refractivity contribution in [1.82, 2.24) is 4.98 Å². The Morgan fingerprint density at radius 2 is 2.14 bits per heavy atom. The molecule has 0 radical (unpaired) electrons. The van der Waals surface area contributed by atoms with Crippen LogP contribution in [0.3, 0.4) is 0 Å². The quantitative estimate of drug-likeness (QED) is 0.743. The van der Waals surface area contributed by atoms with Crippen LogP contribution < -0.4 is 0 Å². The van der Waals surface area contributed by atoms with Crippen LogP contribution in [-0.4, -0.2) is 11.6 Å². The highest BCUT2D eigenvalue weighted by Gasteiger charge is 2.11. The van der Waals surface area contributed by atoms with Gasteiger partial charge in [0.05, 0.1) is 13.2 Å². The Balaban J connectivity index is 2.43. The summed E-state index contributed by atoms with van der Waals surface area (Å²) >= 11 is 0. The van der Waals surface area contributed by atoms with E-state index in [0.29, 0.717) is 12.3 Å². The summed E-state index contributed by atoms with van der Waals surface area (Å²) in [5.41, 5.74) is 0.474. The van der Waals surface area contributed by atoms with Crippen molar-refractivity contribution >= 4 is 0 Å². The highest BCUT2D eigenvalue weighted by molar-refractivity contribution is 5.05. The van der Waals surface area contributed by atoms with Crippen LogP contribution in [0.5, 0.6) is 0 Å². The third-order valence-corrected chi connectivity index (χ3v) is 1.61. The number of pyridine rings is 1. The molecule has 0 N–H and O–H groups in total. The van der Waals surface area contributed by atoms with Crippen LogP contribution in [0.25, 0.3) is 0 Å². The Morgan fingerprint density at radius 1 is 1.43 bits per heavy atom. The average molecular weight is 197 g/mol. The minimum Gasteiger partial charge on any atom is -0.374 e. The molecular weight excluding hydrogens is 181 g/mol. The lowest BCUT2D eigenvalue weighted by Gasteiger charge is -2.17. The summed E-state index contributed by atoms with van der Waals surface area (Å²) in [6, 6.07) is 2.96. The maximum Gasteiger partial charge on any atom is 0.147 e. The minimum absolute atomic E-state index is 0.102. The Labute approximate surface area is 84.1 Å². The second-order valence-electron chi connectivity index (χ2n) is 4.49. The Hall–Kier alpha value is -0.960. The molecule has 0 bridgehead atoms. The SMILES string of the molecule is CC(C)(C)COCc1ncccc1F. The van der Waals surface area contributed by atoms with E-state index in [1.54, 1.807) is 12.3 Å². The van der Waals surface area contributed by atoms with Crippen LogP contribution in [0.4, 0.5) is 4.39 Å². The van der Waals surface area contributed by atoms with Gasteiger partial charge in [-0.15, -0.1) is 0 Å². The first-order chi connectivity index (χ1) is 6.49. The summed E-state index contributed by atoms with van der Waals surface area (Å²) in [6.45, 7) is 7.05. The number of nitrogens with zero attached hydrogens (tertiary/aromatic N) is 1. The number of halogens is 1. The third kappa shape index (κ3) is 3.83. The third-order valence-electron chi connectivity index (χ3n) is 1.61. The molecule has 0 saturated carbocycles. The van der Waals surface area contributed by atoms with E-state index in [2.05, 4.69) is 25.8 Å². The monoisotopic (exact) mass is 197 g/mol. The molecule has 0 unspecified atom stereocenters. The molecule has 1 aromatic heterocycles. The molecule has 1 rings (SSSR count). The van der Waals surface area contributed by atoms with Crippen molar-refractivity contribution in [3.05, 3.63) is 29.8 Å². The van der Waals surface area contributed by atoms with Crippen molar-refractivity contribution in [3.8, 4) is 0 Å². The second kappa shape index (κ2) is 4.51. The standard InChI is InChI=1S/C11H16FNO/c1-11(2,3)8-14-7-10-9(12)5-4-6-13-10/h4-6H,7-8H2,1-3H3. The number of hydrogen-bond donors (Lipinski definition) is 0. The lowest BCUT2D eigenvalue weighted by molar-refractivity contribution is 0.0564. The molecule has 0 saturated heterocycles. The number of rotatable bonds is 3. The fraction of sp³-hybridized carbons (Fsp3) is 0.545. The maximum atomic E-state index is 13.1. The molecule has 0 aliphatic carbocycles. The van der Waals surface area contributed by atoms with Crippen LogP contribution in [0.2, 0.25) is 0 Å². The van der Waals surface area contributed by atoms with E-state index >= 15 is 0 Å². The van der Waals surface area contributed by atoms with Crippen LogP contribution >= 0.6 is 0 Å². The van der Waals surface area contributed by atoms with Crippen molar-refractivity contribution in [3.63, 3.8) is 0 Å². The molecule has 0 aromatic carbocycles. The van der Waals surface area contributed by atoms with Crippen LogP contribution in [0.15, 0.2) is 18.3 Å². The largest absolute Gasteiger partial charge is 0.374 e. The van der Waals surface area contributed by atoms with Gasteiger partial charge < -0.3 is 4.74 Å². The molecule has 0 atom stereocenters. The minimum atomic E-state index is -0.304. The molecular formula is C11H16FNO. The zero-order chi connectivity index (χ0) is 10.6. The van der Waals surface area contributed by atoms with Gasteiger partial charge in [0.1, 0.15) is 11.5 Å². The molecule has 0 fully saturated rings. The van der Waals surface area contributed by atoms with Crippen LogP contribution in [-0.2, 0) is 11.3 Å². The van der Waals surface area contributed by atoms with Gasteiger partial charge in [-0.3, -0.25) is 4.98 Å². The molecule has 1 heterocycles. The van der Waals surface area contributed by atoms with Gasteiger partial charge in [0.15, 0.2) is 0 Å². The number of aromatic nitrogens is 1. The van der Waals surface area contributed by atoms with Gasteiger partial charge >= 0.3 is 0 Å². The van der Waals surface area contributed by atoms with E-state index in [-0.39, 0.29) is 17.8 Å². The van der Waals surface area contributed by atoms with Crippen molar-refractivity contribution in [1.29, 1.82) is 0 Å². The summed E-state index contributed by atoms with van der Waals surface area (Å²) in [7, 11) is 0. The first-order valence-corrected chi connectivity index (χ1v) is 4.66. The van der Waals surface area contributed by atoms with Crippen molar-refractivity contribution in [2.45, 2.75) is 27.4 Å². The fourth-order valence-electron chi connectivity index (χ4n) is 0.978. The van der Waals surface area contributed by atoms with Crippen molar-refractivity contribution < 1.29 is 9.13 Å². The van der Waals surface area contributed by atoms with Gasteiger partial charge in [-0.1, -0.05) is 20.8 Å². The van der Waals surface area contributed by atoms with Gasteiger partial charge in [0, 0.05) is 6.20 Å². The summed E-state index contributed by atoms with van der Waals surface area (Å²) in [5, 5.41) is 0. The molecule has 78 valence electrons. The summed E-state index contributed by atoms with van der Waals surface area (Å²) in [6.07, 6.45) is 1.57. The lowest BCUT2D eigenvalue weighted by atomic mass is 9.99. The van der Waals surface area contributed by atoms with Crippen LogP contribution in [0, 0.1) is 11.2 Å².